The molecule has 0 unspecified atom stereocenters. The van der Waals surface area contributed by atoms with Gasteiger partial charge in [0, 0.05) is 124 Å². The number of aromatic nitrogens is 3. The smallest absolute Gasteiger partial charge is 0.230 e. The highest BCUT2D eigenvalue weighted by Gasteiger charge is 2.35. The minimum Gasteiger partial charge on any atom is -0.370 e. The van der Waals surface area contributed by atoms with Crippen molar-refractivity contribution in [1.29, 1.82) is 0 Å². The molecule has 0 radical (unpaired) electrons. The van der Waals surface area contributed by atoms with Gasteiger partial charge in [0.15, 0.2) is 23.1 Å². The number of rotatable bonds is 40. The Labute approximate surface area is 531 Å². The molecule has 2 aromatic heterocycles. The first kappa shape index (κ1) is 74.4. The number of primary amides is 2. The summed E-state index contributed by atoms with van der Waals surface area (Å²) in [6, 6.07) is 4.01. The molecule has 0 bridgehead atoms. The van der Waals surface area contributed by atoms with Crippen LogP contribution in [0.25, 0.3) is 10.9 Å². The van der Waals surface area contributed by atoms with E-state index in [4.69, 9.17) is 11.5 Å². The van der Waals surface area contributed by atoms with Gasteiger partial charge in [-0.1, -0.05) is 67.5 Å². The quantitative estimate of drug-likeness (QED) is 0.0288. The van der Waals surface area contributed by atoms with Crippen molar-refractivity contribution in [1.82, 2.24) is 52.2 Å². The van der Waals surface area contributed by atoms with Crippen LogP contribution >= 0.6 is 33.3 Å². The van der Waals surface area contributed by atoms with E-state index in [0.717, 1.165) is 10.9 Å². The fourth-order valence-corrected chi connectivity index (χ4v) is 12.4. The average molecular weight is 1300 g/mol. The van der Waals surface area contributed by atoms with Crippen LogP contribution in [-0.4, -0.2) is 159 Å². The fraction of sp³-hybridized carbons (Fsp3) is 0.607. The summed E-state index contributed by atoms with van der Waals surface area (Å²) in [5.41, 5.74) is 13.1. The summed E-state index contributed by atoms with van der Waals surface area (Å²) in [6.07, 6.45) is 6.30. The van der Waals surface area contributed by atoms with Crippen LogP contribution < -0.4 is 48.7 Å². The maximum absolute atomic E-state index is 14.4. The van der Waals surface area contributed by atoms with E-state index in [1.165, 1.54) is 52.8 Å². The second-order valence-corrected chi connectivity index (χ2v) is 26.9. The standard InChI is InChI=1S/C61H90N12O13S3/c1-35(2)19-49(52(77)24-39(58(63)83)16-18-87-6)73-60(85)41(22-43-30-64-34-70-43)23-44(74)31-69-61(86)46(36(3)4)26-50(75)37(5)71-59(84)40(21-42-29-66-47-12-8-7-11-45(42)47)25-51(76)48(14-15-53(62)78)72-54(79)13-9-10-17-65-55(80)20-38-27-67-56(81)32-88-89-33-57(82)68-28-38/h7-8,11-12,29-30,34-41,46,48-49,66H,9-10,13-28,31-33H2,1-6H3,(H2,62,78)(H2,63,83)(H,64,70)(H,65,80)(H,67,81)(H,68,82)(H,69,86)(H,71,84)(H,72,79)(H,73,85)/t37-,39+,40+,41+,46-,48-,49-/m0/s1. The molecule has 1 fully saturated rings. The third-order valence-electron chi connectivity index (χ3n) is 15.3. The van der Waals surface area contributed by atoms with Gasteiger partial charge in [-0.2, -0.15) is 11.8 Å². The Morgan fingerprint density at radius 3 is 1.98 bits per heavy atom. The monoisotopic (exact) mass is 1290 g/mol. The van der Waals surface area contributed by atoms with Crippen molar-refractivity contribution in [3.05, 3.63) is 54.2 Å². The van der Waals surface area contributed by atoms with Crippen molar-refractivity contribution in [3.63, 3.8) is 0 Å². The number of benzene rings is 1. The number of para-hydroxylation sites is 1. The maximum atomic E-state index is 14.4. The van der Waals surface area contributed by atoms with Crippen molar-refractivity contribution in [2.24, 2.45) is 52.9 Å². The molecular weight excluding hydrogens is 1200 g/mol. The third kappa shape index (κ3) is 27.7. The molecule has 28 heteroatoms. The van der Waals surface area contributed by atoms with E-state index in [1.54, 1.807) is 20.0 Å². The SMILES string of the molecule is CSCC[C@H](CC(=O)[C@H](CC(C)C)NC(=O)[C@@H](CC(=O)CNC(=O)[C@@H](CC(=O)[C@H](C)NC(=O)[C@@H](CC(=O)[C@H](CCC(N)=O)NC(=O)CCCCNC(=O)CC1CNC(=O)CSSCC(=O)NC1)Cc1c[nH]c2ccccc12)C(C)C)Cc1cnc[nH]1)C(N)=O. The van der Waals surface area contributed by atoms with Gasteiger partial charge in [0.2, 0.25) is 53.2 Å². The molecule has 7 atom stereocenters. The third-order valence-corrected chi connectivity index (χ3v) is 18.1. The van der Waals surface area contributed by atoms with Gasteiger partial charge in [-0.15, -0.1) is 0 Å². The number of Topliss-reactive ketones (excluding diaryl/α,β-unsaturated/α-hetero) is 4. The van der Waals surface area contributed by atoms with E-state index < -0.39 is 113 Å². The number of nitrogens with zero attached hydrogens (tertiary/aromatic N) is 1. The van der Waals surface area contributed by atoms with Crippen LogP contribution in [0.4, 0.5) is 0 Å². The van der Waals surface area contributed by atoms with Crippen LogP contribution in [0.5, 0.6) is 0 Å². The van der Waals surface area contributed by atoms with E-state index in [0.29, 0.717) is 36.3 Å². The summed E-state index contributed by atoms with van der Waals surface area (Å²) in [6.45, 7) is 8.83. The number of thioether (sulfide) groups is 1. The van der Waals surface area contributed by atoms with Gasteiger partial charge in [-0.05, 0) is 80.9 Å². The number of carbonyl (C=O) groups is 13. The zero-order chi connectivity index (χ0) is 65.6. The Hall–Kier alpha value is -7.07. The molecule has 1 aromatic carbocycles. The first-order chi connectivity index (χ1) is 42.3. The summed E-state index contributed by atoms with van der Waals surface area (Å²) in [7, 11) is 2.54. The van der Waals surface area contributed by atoms with Gasteiger partial charge >= 0.3 is 0 Å². The Balaban J connectivity index is 1.39. The van der Waals surface area contributed by atoms with Gasteiger partial charge < -0.3 is 58.7 Å². The molecule has 3 heterocycles. The summed E-state index contributed by atoms with van der Waals surface area (Å²) in [4.78, 5) is 183. The number of carbonyl (C=O) groups excluding carboxylic acids is 13. The topological polar surface area (TPSA) is 403 Å². The van der Waals surface area contributed by atoms with E-state index in [-0.39, 0.29) is 131 Å². The summed E-state index contributed by atoms with van der Waals surface area (Å²) in [5.74, 6) is -9.92. The summed E-state index contributed by atoms with van der Waals surface area (Å²) >= 11 is 1.52. The zero-order valence-corrected chi connectivity index (χ0v) is 54.2. The van der Waals surface area contributed by atoms with E-state index in [2.05, 4.69) is 52.2 Å². The minimum absolute atomic E-state index is 0.0209. The largest absolute Gasteiger partial charge is 0.370 e. The van der Waals surface area contributed by atoms with Crippen molar-refractivity contribution in [2.75, 3.05) is 49.7 Å². The molecule has 1 aliphatic heterocycles. The molecule has 1 aliphatic rings. The number of ketones is 4. The lowest BCUT2D eigenvalue weighted by atomic mass is 9.87. The van der Waals surface area contributed by atoms with Crippen molar-refractivity contribution < 1.29 is 62.3 Å². The number of H-pyrrole nitrogens is 2. The molecule has 490 valence electrons. The van der Waals surface area contributed by atoms with Crippen LogP contribution in [0.1, 0.15) is 123 Å². The van der Waals surface area contributed by atoms with Gasteiger partial charge in [-0.3, -0.25) is 62.3 Å². The van der Waals surface area contributed by atoms with Gasteiger partial charge in [-0.25, -0.2) is 4.98 Å². The molecule has 9 amide bonds. The number of hydrogen-bond acceptors (Lipinski definition) is 17. The number of nitrogens with one attached hydrogen (secondary N) is 9. The molecule has 3 aromatic rings. The molecule has 89 heavy (non-hydrogen) atoms. The predicted molar refractivity (Wildman–Crippen MR) is 342 cm³/mol. The molecular formula is C61H90N12O13S3. The molecule has 25 nitrogen and oxygen atoms in total. The van der Waals surface area contributed by atoms with Crippen molar-refractivity contribution in [2.45, 2.75) is 143 Å². The highest BCUT2D eigenvalue weighted by molar-refractivity contribution is 8.77. The number of imidazole rings is 1. The number of fused-ring (bicyclic) bond motifs is 1. The van der Waals surface area contributed by atoms with E-state index in [9.17, 15) is 62.3 Å². The van der Waals surface area contributed by atoms with Crippen LogP contribution in [0, 0.1) is 41.4 Å². The number of hydrogen-bond donors (Lipinski definition) is 11. The minimum atomic E-state index is -1.22. The summed E-state index contributed by atoms with van der Waals surface area (Å²) < 4.78 is 0. The molecule has 0 saturated carbocycles. The van der Waals surface area contributed by atoms with Gasteiger partial charge in [0.25, 0.3) is 0 Å². The predicted octanol–water partition coefficient (Wildman–Crippen LogP) is 2.69. The second-order valence-electron chi connectivity index (χ2n) is 23.5. The first-order valence-electron chi connectivity index (χ1n) is 30.2. The molecule has 0 spiro atoms. The normalized spacial score (nSPS) is 15.6. The van der Waals surface area contributed by atoms with E-state index >= 15 is 0 Å². The van der Waals surface area contributed by atoms with Crippen LogP contribution in [0.2, 0.25) is 0 Å². The molecule has 4 rings (SSSR count). The number of aromatic amines is 2. The van der Waals surface area contributed by atoms with Gasteiger partial charge in [0.1, 0.15) is 0 Å². The fourth-order valence-electron chi connectivity index (χ4n) is 10.1. The summed E-state index contributed by atoms with van der Waals surface area (Å²) in [5, 5.41) is 20.1. The number of unbranched alkanes of at least 4 members (excludes halogenated alkanes) is 1. The maximum Gasteiger partial charge on any atom is 0.230 e. The Morgan fingerprint density at radius 2 is 1.35 bits per heavy atom. The highest BCUT2D eigenvalue weighted by Crippen LogP contribution is 2.26. The lowest BCUT2D eigenvalue weighted by Crippen LogP contribution is -2.47. The molecule has 0 aliphatic carbocycles. The average Bonchev–Trinajstić information content (AvgIpc) is 3.32. The van der Waals surface area contributed by atoms with Crippen LogP contribution in [-0.2, 0) is 75.2 Å². The Kier molecular flexibility index (Phi) is 32.7. The number of nitrogens with two attached hydrogens (primary N) is 2. The zero-order valence-electron chi connectivity index (χ0n) is 51.8. The van der Waals surface area contributed by atoms with Crippen LogP contribution in [0.3, 0.4) is 0 Å². The highest BCUT2D eigenvalue weighted by atomic mass is 33.1. The van der Waals surface area contributed by atoms with Crippen LogP contribution in [0.15, 0.2) is 43.0 Å². The molecule has 13 N–H and O–H groups in total. The lowest BCUT2D eigenvalue weighted by molar-refractivity contribution is -0.135. The van der Waals surface area contributed by atoms with Crippen molar-refractivity contribution >= 4 is 121 Å². The Bertz CT molecular complexity index is 2880. The van der Waals surface area contributed by atoms with E-state index in [1.807, 2.05) is 44.4 Å². The molecule has 1 saturated heterocycles. The first-order valence-corrected chi connectivity index (χ1v) is 34.1. The number of amides is 9. The lowest BCUT2D eigenvalue weighted by Gasteiger charge is -2.25. The second kappa shape index (κ2) is 39.1. The Morgan fingerprint density at radius 1 is 0.697 bits per heavy atom. The van der Waals surface area contributed by atoms with Gasteiger partial charge in [0.05, 0.1) is 48.4 Å². The van der Waals surface area contributed by atoms with Crippen molar-refractivity contribution in [3.8, 4) is 0 Å².